The Labute approximate surface area is 211 Å². The zero-order valence-electron chi connectivity index (χ0n) is 20.5. The highest BCUT2D eigenvalue weighted by atomic mass is 79.9. The van der Waals surface area contributed by atoms with E-state index in [1.54, 1.807) is 11.8 Å². The Hall–Kier alpha value is -2.39. The molecule has 0 radical (unpaired) electrons. The van der Waals surface area contributed by atoms with Crippen LogP contribution in [0.15, 0.2) is 46.9 Å². The minimum atomic E-state index is -3.52. The average Bonchev–Trinajstić information content (AvgIpc) is 2.74. The molecule has 0 saturated heterocycles. The van der Waals surface area contributed by atoms with E-state index in [4.69, 9.17) is 0 Å². The molecule has 7 nitrogen and oxygen atoms in total. The van der Waals surface area contributed by atoms with E-state index in [9.17, 15) is 18.0 Å². The van der Waals surface area contributed by atoms with Gasteiger partial charge in [-0.2, -0.15) is 0 Å². The maximum Gasteiger partial charge on any atom is 0.242 e. The Morgan fingerprint density at radius 3 is 2.18 bits per heavy atom. The predicted octanol–water partition coefficient (Wildman–Crippen LogP) is 4.17. The topological polar surface area (TPSA) is 86.8 Å². The number of carbonyl (C=O) groups excluding carboxylic acids is 2. The number of halogens is 1. The summed E-state index contributed by atoms with van der Waals surface area (Å²) in [6, 6.07) is 12.6. The van der Waals surface area contributed by atoms with Crippen LogP contribution in [0.5, 0.6) is 0 Å². The van der Waals surface area contributed by atoms with E-state index in [-0.39, 0.29) is 31.3 Å². The first-order valence-electron chi connectivity index (χ1n) is 11.3. The van der Waals surface area contributed by atoms with Gasteiger partial charge in [0.2, 0.25) is 21.8 Å². The van der Waals surface area contributed by atoms with Crippen molar-refractivity contribution in [3.63, 3.8) is 0 Å². The first-order valence-corrected chi connectivity index (χ1v) is 13.9. The SMILES string of the molecule is CCNC(=O)[C@H](C)N(Cc1ccc(Br)cc1)C(=O)CCCN(c1cc(C)cc(C)c1)S(C)(=O)=O. The number of aryl methyl sites for hydroxylation is 2. The number of carbonyl (C=O) groups is 2. The Morgan fingerprint density at radius 2 is 1.65 bits per heavy atom. The molecule has 2 aromatic carbocycles. The number of sulfonamides is 1. The maximum absolute atomic E-state index is 13.2. The monoisotopic (exact) mass is 551 g/mol. The molecule has 0 heterocycles. The van der Waals surface area contributed by atoms with E-state index >= 15 is 0 Å². The molecule has 0 aliphatic heterocycles. The number of anilines is 1. The van der Waals surface area contributed by atoms with E-state index in [0.29, 0.717) is 18.7 Å². The van der Waals surface area contributed by atoms with Crippen molar-refractivity contribution in [1.82, 2.24) is 10.2 Å². The Morgan fingerprint density at radius 1 is 1.06 bits per heavy atom. The third-order valence-electron chi connectivity index (χ3n) is 5.43. The van der Waals surface area contributed by atoms with Gasteiger partial charge in [-0.1, -0.05) is 34.1 Å². The third-order valence-corrected chi connectivity index (χ3v) is 7.15. The molecule has 1 N–H and O–H groups in total. The van der Waals surface area contributed by atoms with E-state index in [1.165, 1.54) is 10.6 Å². The van der Waals surface area contributed by atoms with Crippen molar-refractivity contribution in [2.75, 3.05) is 23.7 Å². The first kappa shape index (κ1) is 27.9. The highest BCUT2D eigenvalue weighted by Crippen LogP contribution is 2.22. The molecule has 0 fully saturated rings. The molecular weight excluding hydrogens is 518 g/mol. The van der Waals surface area contributed by atoms with Gasteiger partial charge in [0.25, 0.3) is 0 Å². The first-order chi connectivity index (χ1) is 15.9. The molecule has 2 amide bonds. The average molecular weight is 553 g/mol. The summed E-state index contributed by atoms with van der Waals surface area (Å²) in [7, 11) is -3.52. The standard InChI is InChI=1S/C25H34BrN3O4S/c1-6-27-25(31)20(4)28(17-21-9-11-22(26)12-10-21)24(30)8-7-13-29(34(5,32)33)23-15-18(2)14-19(3)16-23/h9-12,14-16,20H,6-8,13,17H2,1-5H3,(H,27,31)/t20-/m0/s1. The summed E-state index contributed by atoms with van der Waals surface area (Å²) >= 11 is 3.41. The Kier molecular flexibility index (Phi) is 10.1. The van der Waals surface area contributed by atoms with Crippen molar-refractivity contribution in [2.24, 2.45) is 0 Å². The molecule has 0 aliphatic carbocycles. The molecule has 0 saturated carbocycles. The third kappa shape index (κ3) is 8.13. The molecule has 9 heteroatoms. The van der Waals surface area contributed by atoms with E-state index in [1.807, 2.05) is 63.2 Å². The molecule has 0 bridgehead atoms. The minimum Gasteiger partial charge on any atom is -0.355 e. The number of hydrogen-bond donors (Lipinski definition) is 1. The van der Waals surface area contributed by atoms with Crippen LogP contribution in [0.3, 0.4) is 0 Å². The van der Waals surface area contributed by atoms with Crippen LogP contribution in [-0.4, -0.2) is 50.5 Å². The summed E-state index contributed by atoms with van der Waals surface area (Å²) in [6.45, 7) is 8.32. The van der Waals surface area contributed by atoms with Crippen molar-refractivity contribution in [2.45, 2.75) is 53.1 Å². The maximum atomic E-state index is 13.2. The number of benzene rings is 2. The van der Waals surface area contributed by atoms with Gasteiger partial charge in [0.15, 0.2) is 0 Å². The van der Waals surface area contributed by atoms with Crippen LogP contribution in [0.2, 0.25) is 0 Å². The summed E-state index contributed by atoms with van der Waals surface area (Å²) in [5.41, 5.74) is 3.43. The van der Waals surface area contributed by atoms with Crippen LogP contribution in [0.1, 0.15) is 43.4 Å². The predicted molar refractivity (Wildman–Crippen MR) is 140 cm³/mol. The van der Waals surface area contributed by atoms with Crippen LogP contribution in [-0.2, 0) is 26.2 Å². The van der Waals surface area contributed by atoms with Crippen LogP contribution in [0.25, 0.3) is 0 Å². The fraction of sp³-hybridized carbons (Fsp3) is 0.440. The fourth-order valence-electron chi connectivity index (χ4n) is 3.79. The van der Waals surface area contributed by atoms with Crippen LogP contribution < -0.4 is 9.62 Å². The van der Waals surface area contributed by atoms with Gasteiger partial charge in [0.05, 0.1) is 11.9 Å². The lowest BCUT2D eigenvalue weighted by Crippen LogP contribution is -2.47. The number of nitrogens with zero attached hydrogens (tertiary/aromatic N) is 2. The van der Waals surface area contributed by atoms with Gasteiger partial charge in [0, 0.05) is 30.5 Å². The Bertz CT molecular complexity index is 1080. The second-order valence-electron chi connectivity index (χ2n) is 8.50. The highest BCUT2D eigenvalue weighted by Gasteiger charge is 2.26. The highest BCUT2D eigenvalue weighted by molar-refractivity contribution is 9.10. The number of rotatable bonds is 11. The quantitative estimate of drug-likeness (QED) is 0.454. The van der Waals surface area contributed by atoms with Crippen molar-refractivity contribution >= 4 is 43.5 Å². The van der Waals surface area contributed by atoms with Gasteiger partial charge < -0.3 is 10.2 Å². The number of nitrogens with one attached hydrogen (secondary N) is 1. The summed E-state index contributed by atoms with van der Waals surface area (Å²) in [4.78, 5) is 27.3. The molecule has 0 aromatic heterocycles. The van der Waals surface area contributed by atoms with Gasteiger partial charge in [-0.15, -0.1) is 0 Å². The van der Waals surface area contributed by atoms with Crippen LogP contribution >= 0.6 is 15.9 Å². The van der Waals surface area contributed by atoms with E-state index in [2.05, 4.69) is 21.2 Å². The van der Waals surface area contributed by atoms with Crippen molar-refractivity contribution in [1.29, 1.82) is 0 Å². The lowest BCUT2D eigenvalue weighted by Gasteiger charge is -2.29. The molecule has 186 valence electrons. The summed E-state index contributed by atoms with van der Waals surface area (Å²) in [5.74, 6) is -0.420. The zero-order chi connectivity index (χ0) is 25.5. The second-order valence-corrected chi connectivity index (χ2v) is 11.3. The van der Waals surface area contributed by atoms with Crippen molar-refractivity contribution in [3.05, 3.63) is 63.6 Å². The lowest BCUT2D eigenvalue weighted by atomic mass is 10.1. The van der Waals surface area contributed by atoms with Gasteiger partial charge in [-0.3, -0.25) is 13.9 Å². The van der Waals surface area contributed by atoms with Gasteiger partial charge in [-0.25, -0.2) is 8.42 Å². The fourth-order valence-corrected chi connectivity index (χ4v) is 5.00. The Balaban J connectivity index is 2.17. The number of hydrogen-bond acceptors (Lipinski definition) is 4. The molecule has 1 atom stereocenters. The molecule has 2 rings (SSSR count). The zero-order valence-corrected chi connectivity index (χ0v) is 22.9. The number of amides is 2. The normalized spacial score (nSPS) is 12.2. The molecule has 34 heavy (non-hydrogen) atoms. The lowest BCUT2D eigenvalue weighted by molar-refractivity contribution is -0.140. The van der Waals surface area contributed by atoms with Gasteiger partial charge in [0.1, 0.15) is 6.04 Å². The minimum absolute atomic E-state index is 0.122. The number of likely N-dealkylation sites (N-methyl/N-ethyl adjacent to an activating group) is 1. The van der Waals surface area contributed by atoms with Gasteiger partial charge in [-0.05, 0) is 75.1 Å². The molecule has 0 aliphatic rings. The summed E-state index contributed by atoms with van der Waals surface area (Å²) < 4.78 is 27.2. The molecule has 0 spiro atoms. The summed E-state index contributed by atoms with van der Waals surface area (Å²) in [5, 5.41) is 2.77. The second kappa shape index (κ2) is 12.4. The molecule has 0 unspecified atom stereocenters. The summed E-state index contributed by atoms with van der Waals surface area (Å²) in [6.07, 6.45) is 1.62. The van der Waals surface area contributed by atoms with E-state index in [0.717, 1.165) is 21.2 Å². The van der Waals surface area contributed by atoms with Crippen LogP contribution in [0, 0.1) is 13.8 Å². The largest absolute Gasteiger partial charge is 0.355 e. The van der Waals surface area contributed by atoms with Crippen molar-refractivity contribution in [3.8, 4) is 0 Å². The van der Waals surface area contributed by atoms with E-state index < -0.39 is 16.1 Å². The van der Waals surface area contributed by atoms with Crippen molar-refractivity contribution < 1.29 is 18.0 Å². The van der Waals surface area contributed by atoms with Gasteiger partial charge >= 0.3 is 0 Å². The van der Waals surface area contributed by atoms with Crippen LogP contribution in [0.4, 0.5) is 5.69 Å². The molecule has 2 aromatic rings. The smallest absolute Gasteiger partial charge is 0.242 e. The molecular formula is C25H34BrN3O4S.